The lowest BCUT2D eigenvalue weighted by molar-refractivity contribution is -0.158. The van der Waals surface area contributed by atoms with Crippen LogP contribution in [0.25, 0.3) is 0 Å². The zero-order valence-corrected chi connectivity index (χ0v) is 16.7. The minimum absolute atomic E-state index is 0.132. The number of carbonyl (C=O) groups excluding carboxylic acids is 2. The van der Waals surface area contributed by atoms with Crippen molar-refractivity contribution in [2.24, 2.45) is 5.92 Å². The van der Waals surface area contributed by atoms with Crippen LogP contribution in [0.5, 0.6) is 0 Å². The van der Waals surface area contributed by atoms with Gasteiger partial charge in [-0.05, 0) is 34.4 Å². The average Bonchev–Trinajstić information content (AvgIpc) is 3.35. The van der Waals surface area contributed by atoms with Gasteiger partial charge in [0.15, 0.2) is 11.5 Å². The maximum atomic E-state index is 13.7. The summed E-state index contributed by atoms with van der Waals surface area (Å²) in [5, 5.41) is 0. The number of rotatable bonds is 2. The van der Waals surface area contributed by atoms with Crippen molar-refractivity contribution in [2.45, 2.75) is 23.4 Å². The van der Waals surface area contributed by atoms with Crippen LogP contribution in [0, 0.1) is 11.7 Å². The first-order valence-electron chi connectivity index (χ1n) is 10.3. The van der Waals surface area contributed by atoms with Crippen molar-refractivity contribution >= 4 is 11.9 Å². The van der Waals surface area contributed by atoms with E-state index >= 15 is 0 Å². The van der Waals surface area contributed by atoms with E-state index in [9.17, 15) is 14.0 Å². The van der Waals surface area contributed by atoms with Gasteiger partial charge in [-0.15, -0.1) is 0 Å². The van der Waals surface area contributed by atoms with E-state index in [2.05, 4.69) is 0 Å². The second-order valence-corrected chi connectivity index (χ2v) is 8.42. The Balaban J connectivity index is 1.66. The fourth-order valence-electron chi connectivity index (χ4n) is 6.18. The summed E-state index contributed by atoms with van der Waals surface area (Å²) in [6, 6.07) is 22.3. The van der Waals surface area contributed by atoms with Crippen LogP contribution in [-0.2, 0) is 24.7 Å². The Bertz CT molecular complexity index is 1230. The minimum Gasteiger partial charge on any atom is -0.468 e. The molecule has 5 atom stereocenters. The molecular formula is C26H19FO4. The van der Waals surface area contributed by atoms with E-state index in [1.54, 1.807) is 12.1 Å². The number of hydrogen-bond acceptors (Lipinski definition) is 4. The van der Waals surface area contributed by atoms with Gasteiger partial charge < -0.3 is 9.47 Å². The molecule has 5 heteroatoms. The number of fused-ring (bicyclic) bond motifs is 4. The van der Waals surface area contributed by atoms with Crippen LogP contribution in [0.3, 0.4) is 0 Å². The number of benzene rings is 3. The van der Waals surface area contributed by atoms with Gasteiger partial charge in [0.2, 0.25) is 0 Å². The second-order valence-electron chi connectivity index (χ2n) is 8.42. The van der Waals surface area contributed by atoms with Gasteiger partial charge in [-0.3, -0.25) is 9.59 Å². The molecule has 6 rings (SSSR count). The van der Waals surface area contributed by atoms with E-state index in [0.29, 0.717) is 0 Å². The van der Waals surface area contributed by atoms with E-state index in [1.807, 2.05) is 48.5 Å². The van der Waals surface area contributed by atoms with Crippen LogP contribution in [0.4, 0.5) is 4.39 Å². The van der Waals surface area contributed by atoms with E-state index < -0.39 is 29.4 Å². The van der Waals surface area contributed by atoms with Crippen molar-refractivity contribution in [3.05, 3.63) is 106 Å². The summed E-state index contributed by atoms with van der Waals surface area (Å²) < 4.78 is 24.9. The Labute approximate surface area is 178 Å². The third-order valence-corrected chi connectivity index (χ3v) is 7.18. The topological polar surface area (TPSA) is 52.6 Å². The average molecular weight is 414 g/mol. The molecule has 0 saturated carbocycles. The highest BCUT2D eigenvalue weighted by atomic mass is 19.1. The maximum Gasteiger partial charge on any atom is 0.322 e. The zero-order chi connectivity index (χ0) is 21.3. The van der Waals surface area contributed by atoms with Crippen molar-refractivity contribution in [3.8, 4) is 0 Å². The van der Waals surface area contributed by atoms with Gasteiger partial charge in [0.1, 0.15) is 5.82 Å². The van der Waals surface area contributed by atoms with Crippen molar-refractivity contribution in [2.75, 3.05) is 7.11 Å². The molecule has 1 saturated heterocycles. The molecule has 154 valence electrons. The highest BCUT2D eigenvalue weighted by Crippen LogP contribution is 2.72. The highest BCUT2D eigenvalue weighted by molar-refractivity contribution is 5.99. The van der Waals surface area contributed by atoms with Gasteiger partial charge in [0.05, 0.1) is 13.0 Å². The highest BCUT2D eigenvalue weighted by Gasteiger charge is 2.72. The summed E-state index contributed by atoms with van der Waals surface area (Å²) in [6.07, 6.45) is 0. The maximum absolute atomic E-state index is 13.7. The quantitative estimate of drug-likeness (QED) is 0.461. The van der Waals surface area contributed by atoms with Crippen LogP contribution in [0.1, 0.15) is 45.6 Å². The summed E-state index contributed by atoms with van der Waals surface area (Å²) >= 11 is 0. The molecule has 2 aliphatic carbocycles. The van der Waals surface area contributed by atoms with Crippen LogP contribution in [0.2, 0.25) is 0 Å². The smallest absolute Gasteiger partial charge is 0.322 e. The van der Waals surface area contributed by atoms with Gasteiger partial charge in [0.25, 0.3) is 0 Å². The molecule has 1 aliphatic heterocycles. The predicted molar refractivity (Wildman–Crippen MR) is 110 cm³/mol. The fourth-order valence-corrected chi connectivity index (χ4v) is 6.18. The first-order chi connectivity index (χ1) is 15.1. The molecule has 1 heterocycles. The Hall–Kier alpha value is -3.47. The molecule has 0 radical (unpaired) electrons. The van der Waals surface area contributed by atoms with Gasteiger partial charge in [0, 0.05) is 17.4 Å². The van der Waals surface area contributed by atoms with Crippen molar-refractivity contribution in [3.63, 3.8) is 0 Å². The normalized spacial score (nSPS) is 29.5. The SMILES string of the molecule is COC(=O)[C@H]1C(=O)OC23c4ccccc4[C@H](c4ccc(F)cc4)[C@H]2c2ccccc2[C@H]13. The van der Waals surface area contributed by atoms with E-state index in [-0.39, 0.29) is 17.7 Å². The van der Waals surface area contributed by atoms with Gasteiger partial charge in [-0.2, -0.15) is 0 Å². The Kier molecular flexibility index (Phi) is 3.70. The summed E-state index contributed by atoms with van der Waals surface area (Å²) in [7, 11) is 1.29. The molecule has 4 nitrogen and oxygen atoms in total. The summed E-state index contributed by atoms with van der Waals surface area (Å²) in [6.45, 7) is 0. The molecule has 1 fully saturated rings. The molecule has 1 spiro atoms. The molecule has 31 heavy (non-hydrogen) atoms. The molecule has 0 aromatic heterocycles. The summed E-state index contributed by atoms with van der Waals surface area (Å²) in [5.41, 5.74) is 3.90. The monoisotopic (exact) mass is 414 g/mol. The molecule has 3 aromatic carbocycles. The standard InChI is InChI=1S/C26H19FO4/c1-30-24(28)21-23-17-7-3-2-6-16(17)22-20(14-10-12-15(27)13-11-14)18-8-4-5-9-19(18)26(22,23)31-25(21)29/h2-13,20-23H,1H3/t20-,21-,22+,23+,26?/m0/s1. The second kappa shape index (κ2) is 6.27. The van der Waals surface area contributed by atoms with E-state index in [0.717, 1.165) is 27.8 Å². The number of halogens is 1. The number of carbonyl (C=O) groups is 2. The van der Waals surface area contributed by atoms with Crippen molar-refractivity contribution in [1.29, 1.82) is 0 Å². The molecule has 0 bridgehead atoms. The van der Waals surface area contributed by atoms with Gasteiger partial charge >= 0.3 is 11.9 Å². The van der Waals surface area contributed by atoms with Crippen molar-refractivity contribution in [1.82, 2.24) is 0 Å². The van der Waals surface area contributed by atoms with Crippen molar-refractivity contribution < 1.29 is 23.5 Å². The minimum atomic E-state index is -1.02. The van der Waals surface area contributed by atoms with Crippen LogP contribution in [0.15, 0.2) is 72.8 Å². The molecule has 3 aromatic rings. The lowest BCUT2D eigenvalue weighted by Crippen LogP contribution is -2.32. The fraction of sp³-hybridized carbons (Fsp3) is 0.231. The molecule has 0 N–H and O–H groups in total. The number of ether oxygens (including phenoxy) is 2. The molecular weight excluding hydrogens is 395 g/mol. The predicted octanol–water partition coefficient (Wildman–Crippen LogP) is 4.39. The third kappa shape index (κ3) is 2.18. The Morgan fingerprint density at radius 2 is 1.52 bits per heavy atom. The number of hydrogen-bond donors (Lipinski definition) is 0. The molecule has 0 amide bonds. The summed E-state index contributed by atoms with van der Waals surface area (Å²) in [5.74, 6) is -3.26. The van der Waals surface area contributed by atoms with E-state index in [1.165, 1.54) is 19.2 Å². The molecule has 1 unspecified atom stereocenters. The lowest BCUT2D eigenvalue weighted by Gasteiger charge is -2.31. The zero-order valence-electron chi connectivity index (χ0n) is 16.7. The Morgan fingerprint density at radius 1 is 0.903 bits per heavy atom. The first kappa shape index (κ1) is 18.3. The number of esters is 2. The van der Waals surface area contributed by atoms with Gasteiger partial charge in [-0.25, -0.2) is 4.39 Å². The first-order valence-corrected chi connectivity index (χ1v) is 10.3. The third-order valence-electron chi connectivity index (χ3n) is 7.18. The van der Waals surface area contributed by atoms with Crippen LogP contribution < -0.4 is 0 Å². The van der Waals surface area contributed by atoms with E-state index in [4.69, 9.17) is 9.47 Å². The lowest BCUT2D eigenvalue weighted by atomic mass is 9.75. The largest absolute Gasteiger partial charge is 0.468 e. The van der Waals surface area contributed by atoms with Crippen LogP contribution in [-0.4, -0.2) is 19.0 Å². The van der Waals surface area contributed by atoms with Crippen LogP contribution >= 0.6 is 0 Å². The molecule has 3 aliphatic rings. The Morgan fingerprint density at radius 3 is 2.19 bits per heavy atom. The van der Waals surface area contributed by atoms with Gasteiger partial charge in [-0.1, -0.05) is 60.7 Å². The number of methoxy groups -OCH3 is 1. The summed E-state index contributed by atoms with van der Waals surface area (Å²) in [4.78, 5) is 25.8.